The van der Waals surface area contributed by atoms with E-state index in [-0.39, 0.29) is 12.2 Å². The number of nitrogens with one attached hydrogen (secondary N) is 1. The van der Waals surface area contributed by atoms with Crippen molar-refractivity contribution in [2.24, 2.45) is 0 Å². The molecule has 0 radical (unpaired) electrons. The van der Waals surface area contributed by atoms with E-state index in [9.17, 15) is 0 Å². The molecule has 6 nitrogen and oxygen atoms in total. The van der Waals surface area contributed by atoms with E-state index >= 15 is 0 Å². The smallest absolute Gasteiger partial charge is 0.120 e. The summed E-state index contributed by atoms with van der Waals surface area (Å²) in [7, 11) is 0. The van der Waals surface area contributed by atoms with Crippen LogP contribution in [0.3, 0.4) is 0 Å². The predicted molar refractivity (Wildman–Crippen MR) is 105 cm³/mol. The van der Waals surface area contributed by atoms with Gasteiger partial charge in [-0.25, -0.2) is 0 Å². The zero-order valence-corrected chi connectivity index (χ0v) is 15.8. The first-order chi connectivity index (χ1) is 13.7. The largest absolute Gasteiger partial charge is 0.491 e. The Labute approximate surface area is 167 Å². The van der Waals surface area contributed by atoms with Crippen LogP contribution in [0.25, 0.3) is 22.5 Å². The molecule has 7 heteroatoms. The highest BCUT2D eigenvalue weighted by Crippen LogP contribution is 2.32. The lowest BCUT2D eigenvalue weighted by molar-refractivity contribution is 0.263. The van der Waals surface area contributed by atoms with Crippen molar-refractivity contribution < 1.29 is 18.9 Å². The Morgan fingerprint density at radius 1 is 0.929 bits per heavy atom. The second-order valence-corrected chi connectivity index (χ2v) is 7.27. The number of rotatable bonds is 8. The molecule has 0 spiro atoms. The van der Waals surface area contributed by atoms with Crippen LogP contribution in [0.4, 0.5) is 0 Å². The number of aromatic amines is 1. The van der Waals surface area contributed by atoms with E-state index in [4.69, 9.17) is 30.5 Å². The highest BCUT2D eigenvalue weighted by Gasteiger charge is 2.23. The number of epoxide rings is 2. The predicted octanol–water partition coefficient (Wildman–Crippen LogP) is 3.95. The first-order valence-corrected chi connectivity index (χ1v) is 9.57. The van der Waals surface area contributed by atoms with Gasteiger partial charge in [0.25, 0.3) is 0 Å². The van der Waals surface area contributed by atoms with Gasteiger partial charge in [0, 0.05) is 11.1 Å². The fraction of sp³-hybridized carbons (Fsp3) is 0.286. The molecule has 2 aliphatic heterocycles. The quantitative estimate of drug-likeness (QED) is 0.581. The second kappa shape index (κ2) is 7.47. The molecule has 0 aliphatic carbocycles. The van der Waals surface area contributed by atoms with Gasteiger partial charge in [0.15, 0.2) is 0 Å². The van der Waals surface area contributed by atoms with Gasteiger partial charge in [0.2, 0.25) is 0 Å². The third kappa shape index (κ3) is 4.14. The van der Waals surface area contributed by atoms with Gasteiger partial charge < -0.3 is 18.9 Å². The number of halogens is 1. The van der Waals surface area contributed by atoms with Crippen LogP contribution < -0.4 is 9.47 Å². The number of hydrogen-bond acceptors (Lipinski definition) is 5. The van der Waals surface area contributed by atoms with Gasteiger partial charge in [-0.05, 0) is 48.5 Å². The van der Waals surface area contributed by atoms with Gasteiger partial charge in [-0.15, -0.1) is 0 Å². The number of aromatic nitrogens is 2. The topological polar surface area (TPSA) is 72.2 Å². The molecule has 1 N–H and O–H groups in total. The molecule has 0 bridgehead atoms. The molecule has 144 valence electrons. The molecule has 2 aliphatic rings. The highest BCUT2D eigenvalue weighted by molar-refractivity contribution is 6.33. The zero-order chi connectivity index (χ0) is 18.9. The Morgan fingerprint density at radius 3 is 2.21 bits per heavy atom. The van der Waals surface area contributed by atoms with Crippen LogP contribution >= 0.6 is 11.6 Å². The van der Waals surface area contributed by atoms with Crippen LogP contribution in [-0.4, -0.2) is 48.8 Å². The van der Waals surface area contributed by atoms with Crippen LogP contribution in [0.2, 0.25) is 5.02 Å². The van der Waals surface area contributed by atoms with Crippen molar-refractivity contribution in [3.05, 3.63) is 53.6 Å². The van der Waals surface area contributed by atoms with Gasteiger partial charge in [-0.2, -0.15) is 5.10 Å². The molecular formula is C21H19ClN2O4. The minimum absolute atomic E-state index is 0.215. The molecule has 0 amide bonds. The van der Waals surface area contributed by atoms with Crippen LogP contribution in [0.1, 0.15) is 0 Å². The Balaban J connectivity index is 1.28. The van der Waals surface area contributed by atoms with Crippen molar-refractivity contribution in [1.82, 2.24) is 10.2 Å². The summed E-state index contributed by atoms with van der Waals surface area (Å²) < 4.78 is 21.6. The maximum absolute atomic E-state index is 6.45. The standard InChI is InChI=1S/C21H19ClN2O4/c22-19-7-15(26-10-17-12-28-17)5-6-18(19)21-8-20(23-24-21)13-1-3-14(4-2-13)25-9-16-11-27-16/h1-8,16-17H,9-12H2,(H,23,24). The molecule has 2 saturated heterocycles. The van der Waals surface area contributed by atoms with Crippen LogP contribution in [-0.2, 0) is 9.47 Å². The third-order valence-electron chi connectivity index (χ3n) is 4.64. The molecule has 3 aromatic rings. The molecule has 1 aromatic heterocycles. The van der Waals surface area contributed by atoms with Gasteiger partial charge >= 0.3 is 0 Å². The van der Waals surface area contributed by atoms with E-state index in [1.165, 1.54) is 0 Å². The van der Waals surface area contributed by atoms with E-state index in [1.807, 2.05) is 48.5 Å². The molecule has 2 atom stereocenters. The van der Waals surface area contributed by atoms with E-state index in [0.717, 1.165) is 47.2 Å². The lowest BCUT2D eigenvalue weighted by Gasteiger charge is -2.07. The van der Waals surface area contributed by atoms with Gasteiger partial charge in [-0.1, -0.05) is 11.6 Å². The SMILES string of the molecule is Clc1cc(OCC2CO2)ccc1-c1cc(-c2ccc(OCC3CO3)cc2)n[nH]1. The van der Waals surface area contributed by atoms with E-state index in [2.05, 4.69) is 10.2 Å². The van der Waals surface area contributed by atoms with Crippen molar-refractivity contribution in [3.8, 4) is 34.0 Å². The van der Waals surface area contributed by atoms with Gasteiger partial charge in [-0.3, -0.25) is 5.10 Å². The molecule has 2 aromatic carbocycles. The minimum Gasteiger partial charge on any atom is -0.491 e. The minimum atomic E-state index is 0.215. The lowest BCUT2D eigenvalue weighted by atomic mass is 10.1. The number of nitrogens with zero attached hydrogens (tertiary/aromatic N) is 1. The molecule has 2 fully saturated rings. The van der Waals surface area contributed by atoms with Crippen molar-refractivity contribution in [2.45, 2.75) is 12.2 Å². The normalized spacial score (nSPS) is 20.0. The van der Waals surface area contributed by atoms with Crippen molar-refractivity contribution in [1.29, 1.82) is 0 Å². The van der Waals surface area contributed by atoms with Gasteiger partial charge in [0.1, 0.15) is 36.9 Å². The Morgan fingerprint density at radius 2 is 1.57 bits per heavy atom. The number of benzene rings is 2. The summed E-state index contributed by atoms with van der Waals surface area (Å²) in [5.41, 5.74) is 3.57. The number of ether oxygens (including phenoxy) is 4. The Kier molecular flexibility index (Phi) is 4.68. The van der Waals surface area contributed by atoms with Crippen molar-refractivity contribution >= 4 is 11.6 Å². The van der Waals surface area contributed by atoms with Gasteiger partial charge in [0.05, 0.1) is 29.6 Å². The van der Waals surface area contributed by atoms with Crippen molar-refractivity contribution in [3.63, 3.8) is 0 Å². The third-order valence-corrected chi connectivity index (χ3v) is 4.95. The maximum atomic E-state index is 6.45. The molecule has 0 saturated carbocycles. The number of H-pyrrole nitrogens is 1. The zero-order valence-electron chi connectivity index (χ0n) is 15.1. The molecule has 5 rings (SSSR count). The molecule has 28 heavy (non-hydrogen) atoms. The summed E-state index contributed by atoms with van der Waals surface area (Å²) in [4.78, 5) is 0. The molecular weight excluding hydrogens is 380 g/mol. The van der Waals surface area contributed by atoms with Crippen LogP contribution in [0, 0.1) is 0 Å². The molecule has 2 unspecified atom stereocenters. The summed E-state index contributed by atoms with van der Waals surface area (Å²) in [6, 6.07) is 15.5. The fourth-order valence-electron chi connectivity index (χ4n) is 2.84. The summed E-state index contributed by atoms with van der Waals surface area (Å²) >= 11 is 6.45. The van der Waals surface area contributed by atoms with E-state index in [1.54, 1.807) is 0 Å². The Bertz CT molecular complexity index is 965. The number of hydrogen-bond donors (Lipinski definition) is 1. The summed E-state index contributed by atoms with van der Waals surface area (Å²) in [5, 5.41) is 8.08. The maximum Gasteiger partial charge on any atom is 0.120 e. The lowest BCUT2D eigenvalue weighted by Crippen LogP contribution is -2.03. The fourth-order valence-corrected chi connectivity index (χ4v) is 3.11. The van der Waals surface area contributed by atoms with Crippen LogP contribution in [0.5, 0.6) is 11.5 Å². The monoisotopic (exact) mass is 398 g/mol. The average molecular weight is 399 g/mol. The molecule has 3 heterocycles. The Hall–Kier alpha value is -2.54. The first kappa shape index (κ1) is 17.6. The summed E-state index contributed by atoms with van der Waals surface area (Å²) in [5.74, 6) is 1.56. The second-order valence-electron chi connectivity index (χ2n) is 6.87. The van der Waals surface area contributed by atoms with Crippen LogP contribution in [0.15, 0.2) is 48.5 Å². The van der Waals surface area contributed by atoms with E-state index < -0.39 is 0 Å². The van der Waals surface area contributed by atoms with Crippen molar-refractivity contribution in [2.75, 3.05) is 26.4 Å². The van der Waals surface area contributed by atoms with E-state index in [0.29, 0.717) is 18.2 Å². The first-order valence-electron chi connectivity index (χ1n) is 9.19. The average Bonchev–Trinajstić information content (AvgIpc) is 3.65. The summed E-state index contributed by atoms with van der Waals surface area (Å²) in [6.45, 7) is 2.71. The summed E-state index contributed by atoms with van der Waals surface area (Å²) in [6.07, 6.45) is 0.463. The highest BCUT2D eigenvalue weighted by atomic mass is 35.5.